The van der Waals surface area contributed by atoms with Crippen LogP contribution in [0.4, 0.5) is 10.1 Å². The van der Waals surface area contributed by atoms with Crippen molar-refractivity contribution in [2.24, 2.45) is 0 Å². The Bertz CT molecular complexity index is 633. The van der Waals surface area contributed by atoms with Crippen molar-refractivity contribution in [1.82, 2.24) is 9.62 Å². The van der Waals surface area contributed by atoms with Crippen LogP contribution in [0.1, 0.15) is 12.8 Å². The van der Waals surface area contributed by atoms with Crippen molar-refractivity contribution >= 4 is 21.6 Å². The van der Waals surface area contributed by atoms with Crippen LogP contribution in [0.15, 0.2) is 23.1 Å². The summed E-state index contributed by atoms with van der Waals surface area (Å²) < 4.78 is 40.1. The summed E-state index contributed by atoms with van der Waals surface area (Å²) in [4.78, 5) is 12.6. The van der Waals surface area contributed by atoms with E-state index in [0.29, 0.717) is 19.4 Å². The predicted octanol–water partition coefficient (Wildman–Crippen LogP) is 0.307. The zero-order valence-electron chi connectivity index (χ0n) is 11.0. The smallest absolute Gasteiger partial charge is 0.240 e. The van der Waals surface area contributed by atoms with Crippen LogP contribution in [0.25, 0.3) is 0 Å². The second-order valence-corrected chi connectivity index (χ2v) is 6.53. The Labute approximate surface area is 116 Å². The van der Waals surface area contributed by atoms with Crippen molar-refractivity contribution in [1.29, 1.82) is 0 Å². The molecular weight excluding hydrogens is 285 g/mol. The molecule has 0 radical (unpaired) electrons. The summed E-state index contributed by atoms with van der Waals surface area (Å²) in [5.41, 5.74) is 5.21. The molecule has 6 nitrogen and oxygen atoms in total. The van der Waals surface area contributed by atoms with Crippen LogP contribution < -0.4 is 10.5 Å². The monoisotopic (exact) mass is 301 g/mol. The van der Waals surface area contributed by atoms with Gasteiger partial charge in [0.25, 0.3) is 0 Å². The summed E-state index contributed by atoms with van der Waals surface area (Å²) >= 11 is 0. The lowest BCUT2D eigenvalue weighted by molar-refractivity contribution is -0.132. The normalized spacial score (nSPS) is 20.2. The van der Waals surface area contributed by atoms with Gasteiger partial charge < -0.3 is 10.6 Å². The highest BCUT2D eigenvalue weighted by Gasteiger charge is 2.27. The maximum atomic E-state index is 13.3. The molecule has 110 valence electrons. The third kappa shape index (κ3) is 3.07. The fraction of sp³-hybridized carbons (Fsp3) is 0.417. The lowest BCUT2D eigenvalue weighted by atomic mass is 10.1. The molecule has 1 aromatic rings. The van der Waals surface area contributed by atoms with E-state index in [1.54, 1.807) is 7.05 Å². The summed E-state index contributed by atoms with van der Waals surface area (Å²) in [7, 11) is -2.21. The van der Waals surface area contributed by atoms with E-state index in [4.69, 9.17) is 5.73 Å². The van der Waals surface area contributed by atoms with E-state index in [9.17, 15) is 17.6 Å². The molecule has 0 aromatic heterocycles. The van der Waals surface area contributed by atoms with Crippen molar-refractivity contribution < 1.29 is 17.6 Å². The standard InChI is InChI=1S/C12H16FN3O3S/c1-16-7-8(2-5-12(16)17)15-20(18,19)9-3-4-11(14)10(13)6-9/h3-4,6,8,15H,2,5,7,14H2,1H3. The van der Waals surface area contributed by atoms with Crippen LogP contribution in [0, 0.1) is 5.82 Å². The molecule has 1 aliphatic heterocycles. The van der Waals surface area contributed by atoms with Crippen molar-refractivity contribution in [3.05, 3.63) is 24.0 Å². The first-order valence-corrected chi connectivity index (χ1v) is 7.59. The zero-order valence-corrected chi connectivity index (χ0v) is 11.8. The number of sulfonamides is 1. The number of likely N-dealkylation sites (N-methyl/N-ethyl adjacent to an activating group) is 1. The molecule has 2 rings (SSSR count). The highest BCUT2D eigenvalue weighted by molar-refractivity contribution is 7.89. The van der Waals surface area contributed by atoms with E-state index in [-0.39, 0.29) is 22.5 Å². The van der Waals surface area contributed by atoms with Gasteiger partial charge in [0, 0.05) is 26.1 Å². The van der Waals surface area contributed by atoms with Gasteiger partial charge in [0.2, 0.25) is 15.9 Å². The molecule has 0 saturated carbocycles. The molecule has 8 heteroatoms. The number of hydrogen-bond acceptors (Lipinski definition) is 4. The molecule has 1 saturated heterocycles. The average molecular weight is 301 g/mol. The molecule has 1 unspecified atom stereocenters. The molecular formula is C12H16FN3O3S. The van der Waals surface area contributed by atoms with Gasteiger partial charge in [-0.2, -0.15) is 0 Å². The largest absolute Gasteiger partial charge is 0.396 e. The first kappa shape index (κ1) is 14.7. The van der Waals surface area contributed by atoms with Crippen LogP contribution in [0.3, 0.4) is 0 Å². The number of carbonyl (C=O) groups excluding carboxylic acids is 1. The summed E-state index contributed by atoms with van der Waals surface area (Å²) in [6, 6.07) is 2.97. The Kier molecular flexibility index (Phi) is 3.96. The molecule has 0 aliphatic carbocycles. The molecule has 1 aromatic carbocycles. The number of piperidine rings is 1. The fourth-order valence-corrected chi connectivity index (χ4v) is 3.34. The summed E-state index contributed by atoms with van der Waals surface area (Å²) in [5.74, 6) is -0.789. The molecule has 0 spiro atoms. The van der Waals surface area contributed by atoms with Crippen LogP contribution in [0.2, 0.25) is 0 Å². The second kappa shape index (κ2) is 5.37. The number of likely N-dealkylation sites (tertiary alicyclic amines) is 1. The maximum absolute atomic E-state index is 13.3. The van der Waals surface area contributed by atoms with Gasteiger partial charge in [-0.15, -0.1) is 0 Å². The van der Waals surface area contributed by atoms with Gasteiger partial charge in [0.05, 0.1) is 10.6 Å². The molecule has 3 N–H and O–H groups in total. The minimum absolute atomic E-state index is 0.0148. The van der Waals surface area contributed by atoms with Gasteiger partial charge in [0.15, 0.2) is 0 Å². The first-order chi connectivity index (χ1) is 9.29. The zero-order chi connectivity index (χ0) is 14.9. The van der Waals surface area contributed by atoms with Gasteiger partial charge in [-0.1, -0.05) is 0 Å². The van der Waals surface area contributed by atoms with Gasteiger partial charge >= 0.3 is 0 Å². The number of halogens is 1. The van der Waals surface area contributed by atoms with Gasteiger partial charge in [-0.3, -0.25) is 4.79 Å². The van der Waals surface area contributed by atoms with E-state index >= 15 is 0 Å². The van der Waals surface area contributed by atoms with Crippen LogP contribution in [-0.4, -0.2) is 38.9 Å². The molecule has 1 fully saturated rings. The predicted molar refractivity (Wildman–Crippen MR) is 71.8 cm³/mol. The number of nitrogen functional groups attached to an aromatic ring is 1. The third-order valence-corrected chi connectivity index (χ3v) is 4.75. The van der Waals surface area contributed by atoms with Crippen molar-refractivity contribution in [3.8, 4) is 0 Å². The van der Waals surface area contributed by atoms with E-state index in [1.165, 1.54) is 17.0 Å². The van der Waals surface area contributed by atoms with E-state index in [1.807, 2.05) is 0 Å². The topological polar surface area (TPSA) is 92.5 Å². The number of hydrogen-bond donors (Lipinski definition) is 2. The van der Waals surface area contributed by atoms with Crippen LogP contribution >= 0.6 is 0 Å². The third-order valence-electron chi connectivity index (χ3n) is 3.23. The van der Waals surface area contributed by atoms with E-state index in [2.05, 4.69) is 4.72 Å². The quantitative estimate of drug-likeness (QED) is 0.786. The molecule has 1 amide bonds. The highest BCUT2D eigenvalue weighted by Crippen LogP contribution is 2.18. The number of benzene rings is 1. The average Bonchev–Trinajstić information content (AvgIpc) is 2.37. The Morgan fingerprint density at radius 2 is 2.15 bits per heavy atom. The molecule has 1 heterocycles. The molecule has 1 atom stereocenters. The van der Waals surface area contributed by atoms with Crippen molar-refractivity contribution in [3.63, 3.8) is 0 Å². The number of carbonyl (C=O) groups is 1. The Morgan fingerprint density at radius 1 is 1.45 bits per heavy atom. The number of nitrogens with zero attached hydrogens (tertiary/aromatic N) is 1. The van der Waals surface area contributed by atoms with Crippen LogP contribution in [-0.2, 0) is 14.8 Å². The van der Waals surface area contributed by atoms with E-state index in [0.717, 1.165) is 6.07 Å². The number of anilines is 1. The number of nitrogens with two attached hydrogens (primary N) is 1. The first-order valence-electron chi connectivity index (χ1n) is 6.11. The van der Waals surface area contributed by atoms with Crippen LogP contribution in [0.5, 0.6) is 0 Å². The minimum Gasteiger partial charge on any atom is -0.396 e. The Hall–Kier alpha value is -1.67. The van der Waals surface area contributed by atoms with Gasteiger partial charge in [-0.05, 0) is 24.6 Å². The van der Waals surface area contributed by atoms with E-state index < -0.39 is 15.8 Å². The lowest BCUT2D eigenvalue weighted by Crippen LogP contribution is -2.48. The molecule has 1 aliphatic rings. The van der Waals surface area contributed by atoms with Gasteiger partial charge in [0.1, 0.15) is 5.82 Å². The highest BCUT2D eigenvalue weighted by atomic mass is 32.2. The Morgan fingerprint density at radius 3 is 2.75 bits per heavy atom. The summed E-state index contributed by atoms with van der Waals surface area (Å²) in [6.07, 6.45) is 0.722. The maximum Gasteiger partial charge on any atom is 0.240 e. The summed E-state index contributed by atoms with van der Waals surface area (Å²) in [5, 5.41) is 0. The number of rotatable bonds is 3. The summed E-state index contributed by atoms with van der Waals surface area (Å²) in [6.45, 7) is 0.301. The molecule has 0 bridgehead atoms. The van der Waals surface area contributed by atoms with Crippen molar-refractivity contribution in [2.75, 3.05) is 19.3 Å². The SMILES string of the molecule is CN1CC(NS(=O)(=O)c2ccc(N)c(F)c2)CCC1=O. The molecule has 20 heavy (non-hydrogen) atoms. The lowest BCUT2D eigenvalue weighted by Gasteiger charge is -2.29. The second-order valence-electron chi connectivity index (χ2n) is 4.81. The minimum atomic E-state index is -3.82. The van der Waals surface area contributed by atoms with Gasteiger partial charge in [-0.25, -0.2) is 17.5 Å². The number of nitrogens with one attached hydrogen (secondary N) is 1. The van der Waals surface area contributed by atoms with Crippen molar-refractivity contribution in [2.45, 2.75) is 23.8 Å². The number of amides is 1. The Balaban J connectivity index is 2.15. The fourth-order valence-electron chi connectivity index (χ4n) is 2.07.